The average Bonchev–Trinajstić information content (AvgIpc) is 3.06. The summed E-state index contributed by atoms with van der Waals surface area (Å²) >= 11 is 1.69. The largest absolute Gasteiger partial charge is 0.338 e. The molecular formula is C19H27N3OS. The van der Waals surface area contributed by atoms with Crippen LogP contribution in [0.1, 0.15) is 30.0 Å². The van der Waals surface area contributed by atoms with E-state index >= 15 is 0 Å². The lowest BCUT2D eigenvalue weighted by molar-refractivity contribution is 0.237. The fraction of sp³-hybridized carbons (Fsp3) is 0.421. The number of aryl methyl sites for hydroxylation is 1. The quantitative estimate of drug-likeness (QED) is 0.611. The van der Waals surface area contributed by atoms with E-state index in [0.717, 1.165) is 25.8 Å². The minimum atomic E-state index is -0.0822. The molecule has 130 valence electrons. The second-order valence-electron chi connectivity index (χ2n) is 6.04. The van der Waals surface area contributed by atoms with Crippen molar-refractivity contribution in [1.82, 2.24) is 16.0 Å². The zero-order valence-electron chi connectivity index (χ0n) is 14.5. The zero-order chi connectivity index (χ0) is 17.2. The maximum Gasteiger partial charge on any atom is 0.315 e. The number of rotatable bonds is 9. The van der Waals surface area contributed by atoms with Crippen molar-refractivity contribution in [1.29, 1.82) is 0 Å². The van der Waals surface area contributed by atoms with Crippen LogP contribution in [0.4, 0.5) is 4.79 Å². The third-order valence-corrected chi connectivity index (χ3v) is 4.63. The number of carbonyl (C=O) groups excluding carboxylic acids is 1. The van der Waals surface area contributed by atoms with E-state index in [2.05, 4.69) is 57.0 Å². The summed E-state index contributed by atoms with van der Waals surface area (Å²) < 4.78 is 0. The van der Waals surface area contributed by atoms with E-state index in [9.17, 15) is 4.79 Å². The molecule has 0 aliphatic heterocycles. The number of hydrogen-bond donors (Lipinski definition) is 3. The highest BCUT2D eigenvalue weighted by Crippen LogP contribution is 2.11. The maximum atomic E-state index is 11.9. The van der Waals surface area contributed by atoms with Crippen LogP contribution in [0, 0.1) is 0 Å². The third-order valence-electron chi connectivity index (χ3n) is 3.89. The minimum Gasteiger partial charge on any atom is -0.338 e. The van der Waals surface area contributed by atoms with Crippen LogP contribution in [-0.4, -0.2) is 25.7 Å². The van der Waals surface area contributed by atoms with Crippen molar-refractivity contribution in [2.75, 3.05) is 13.6 Å². The van der Waals surface area contributed by atoms with Crippen molar-refractivity contribution in [3.05, 3.63) is 57.8 Å². The van der Waals surface area contributed by atoms with Gasteiger partial charge in [0, 0.05) is 19.1 Å². The van der Waals surface area contributed by atoms with Crippen LogP contribution in [0.3, 0.4) is 0 Å². The summed E-state index contributed by atoms with van der Waals surface area (Å²) in [6.07, 6.45) is 2.78. The molecule has 2 rings (SSSR count). The van der Waals surface area contributed by atoms with Crippen LogP contribution in [0.5, 0.6) is 0 Å². The van der Waals surface area contributed by atoms with Crippen molar-refractivity contribution in [2.24, 2.45) is 0 Å². The van der Waals surface area contributed by atoms with Gasteiger partial charge in [-0.25, -0.2) is 4.79 Å². The number of thiophene rings is 1. The van der Waals surface area contributed by atoms with E-state index in [-0.39, 0.29) is 12.1 Å². The summed E-state index contributed by atoms with van der Waals surface area (Å²) in [5.41, 5.74) is 3.95. The number of amides is 2. The first kappa shape index (κ1) is 18.5. The Morgan fingerprint density at radius 2 is 2.00 bits per heavy atom. The predicted octanol–water partition coefficient (Wildman–Crippen LogP) is 3.33. The highest BCUT2D eigenvalue weighted by atomic mass is 32.1. The molecule has 1 unspecified atom stereocenters. The first-order valence-electron chi connectivity index (χ1n) is 8.46. The van der Waals surface area contributed by atoms with E-state index in [1.807, 2.05) is 14.0 Å². The lowest BCUT2D eigenvalue weighted by atomic mass is 10.0. The fourth-order valence-electron chi connectivity index (χ4n) is 2.73. The van der Waals surface area contributed by atoms with Crippen LogP contribution in [0.15, 0.2) is 41.1 Å². The van der Waals surface area contributed by atoms with Gasteiger partial charge in [0.1, 0.15) is 0 Å². The Morgan fingerprint density at radius 1 is 1.21 bits per heavy atom. The van der Waals surface area contributed by atoms with Gasteiger partial charge in [-0.3, -0.25) is 0 Å². The van der Waals surface area contributed by atoms with Gasteiger partial charge in [-0.2, -0.15) is 11.3 Å². The monoisotopic (exact) mass is 345 g/mol. The SMILES string of the molecule is CNCc1ccccc1CCCNC(=O)NC(C)Cc1ccsc1. The second-order valence-corrected chi connectivity index (χ2v) is 6.82. The fourth-order valence-corrected chi connectivity index (χ4v) is 3.41. The molecule has 0 saturated heterocycles. The molecule has 0 saturated carbocycles. The number of carbonyl (C=O) groups is 1. The Morgan fingerprint density at radius 3 is 2.71 bits per heavy atom. The van der Waals surface area contributed by atoms with Crippen molar-refractivity contribution in [2.45, 2.75) is 38.8 Å². The molecule has 0 bridgehead atoms. The van der Waals surface area contributed by atoms with Crippen molar-refractivity contribution < 1.29 is 4.79 Å². The molecule has 24 heavy (non-hydrogen) atoms. The number of nitrogens with one attached hydrogen (secondary N) is 3. The summed E-state index contributed by atoms with van der Waals surface area (Å²) in [6, 6.07) is 10.6. The van der Waals surface area contributed by atoms with E-state index in [0.29, 0.717) is 6.54 Å². The van der Waals surface area contributed by atoms with Crippen molar-refractivity contribution in [3.63, 3.8) is 0 Å². The van der Waals surface area contributed by atoms with Crippen LogP contribution in [0.2, 0.25) is 0 Å². The molecule has 1 aromatic heterocycles. The second kappa shape index (κ2) is 10.1. The smallest absolute Gasteiger partial charge is 0.315 e. The summed E-state index contributed by atoms with van der Waals surface area (Å²) in [5.74, 6) is 0. The highest BCUT2D eigenvalue weighted by molar-refractivity contribution is 7.07. The molecule has 4 nitrogen and oxygen atoms in total. The summed E-state index contributed by atoms with van der Waals surface area (Å²) in [5, 5.41) is 13.3. The molecule has 1 atom stereocenters. The number of benzene rings is 1. The number of urea groups is 1. The third kappa shape index (κ3) is 6.34. The molecule has 0 aliphatic rings. The van der Waals surface area contributed by atoms with Gasteiger partial charge in [0.05, 0.1) is 0 Å². The van der Waals surface area contributed by atoms with Gasteiger partial charge in [0.25, 0.3) is 0 Å². The van der Waals surface area contributed by atoms with E-state index < -0.39 is 0 Å². The Bertz CT molecular complexity index is 613. The Kier molecular flexibility index (Phi) is 7.79. The lowest BCUT2D eigenvalue weighted by Crippen LogP contribution is -2.42. The Balaban J connectivity index is 1.66. The predicted molar refractivity (Wildman–Crippen MR) is 102 cm³/mol. The summed E-state index contributed by atoms with van der Waals surface area (Å²) in [6.45, 7) is 3.60. The topological polar surface area (TPSA) is 53.2 Å². The van der Waals surface area contributed by atoms with Gasteiger partial charge in [-0.1, -0.05) is 24.3 Å². The molecule has 0 radical (unpaired) electrons. The Labute approximate surface area is 148 Å². The maximum absolute atomic E-state index is 11.9. The van der Waals surface area contributed by atoms with Crippen LogP contribution in [-0.2, 0) is 19.4 Å². The van der Waals surface area contributed by atoms with Gasteiger partial charge in [-0.05, 0) is 66.8 Å². The molecular weight excluding hydrogens is 318 g/mol. The van der Waals surface area contributed by atoms with Gasteiger partial charge in [0.2, 0.25) is 0 Å². The number of hydrogen-bond acceptors (Lipinski definition) is 3. The van der Waals surface area contributed by atoms with Gasteiger partial charge >= 0.3 is 6.03 Å². The first-order chi connectivity index (χ1) is 11.7. The van der Waals surface area contributed by atoms with Gasteiger partial charge in [0.15, 0.2) is 0 Å². The van der Waals surface area contributed by atoms with Crippen LogP contribution < -0.4 is 16.0 Å². The zero-order valence-corrected chi connectivity index (χ0v) is 15.3. The first-order valence-corrected chi connectivity index (χ1v) is 9.40. The highest BCUT2D eigenvalue weighted by Gasteiger charge is 2.08. The molecule has 2 amide bonds. The molecule has 0 fully saturated rings. The van der Waals surface area contributed by atoms with Gasteiger partial charge < -0.3 is 16.0 Å². The summed E-state index contributed by atoms with van der Waals surface area (Å²) in [7, 11) is 1.96. The lowest BCUT2D eigenvalue weighted by Gasteiger charge is -2.14. The molecule has 3 N–H and O–H groups in total. The molecule has 2 aromatic rings. The van der Waals surface area contributed by atoms with Crippen LogP contribution >= 0.6 is 11.3 Å². The van der Waals surface area contributed by atoms with E-state index in [1.165, 1.54) is 16.7 Å². The minimum absolute atomic E-state index is 0.0822. The van der Waals surface area contributed by atoms with E-state index in [4.69, 9.17) is 0 Å². The molecule has 0 aliphatic carbocycles. The normalized spacial score (nSPS) is 11.9. The van der Waals surface area contributed by atoms with Crippen molar-refractivity contribution >= 4 is 17.4 Å². The van der Waals surface area contributed by atoms with E-state index in [1.54, 1.807) is 11.3 Å². The molecule has 0 spiro atoms. The van der Waals surface area contributed by atoms with Crippen LogP contribution in [0.25, 0.3) is 0 Å². The average molecular weight is 346 g/mol. The molecule has 5 heteroatoms. The van der Waals surface area contributed by atoms with Crippen molar-refractivity contribution in [3.8, 4) is 0 Å². The standard InChI is InChI=1S/C19H27N3OS/c1-15(12-16-9-11-24-14-16)22-19(23)21-10-5-8-17-6-3-4-7-18(17)13-20-2/h3-4,6-7,9,11,14-15,20H,5,8,10,12-13H2,1-2H3,(H2,21,22,23). The molecule has 1 heterocycles. The molecule has 1 aromatic carbocycles. The van der Waals surface area contributed by atoms with Gasteiger partial charge in [-0.15, -0.1) is 0 Å². The Hall–Kier alpha value is -1.85. The summed E-state index contributed by atoms with van der Waals surface area (Å²) in [4.78, 5) is 11.9.